The Morgan fingerprint density at radius 3 is 2.50 bits per heavy atom. The third-order valence-electron chi connectivity index (χ3n) is 4.38. The number of fused-ring (bicyclic) bond motifs is 1. The summed E-state index contributed by atoms with van der Waals surface area (Å²) in [7, 11) is 6.07. The van der Waals surface area contributed by atoms with Crippen molar-refractivity contribution in [3.63, 3.8) is 0 Å². The van der Waals surface area contributed by atoms with Crippen LogP contribution in [-0.2, 0) is 6.42 Å². The maximum atomic E-state index is 5.63. The number of hydrogen-bond acceptors (Lipinski definition) is 4. The molecule has 1 unspecified atom stereocenters. The van der Waals surface area contributed by atoms with E-state index < -0.39 is 0 Å². The molecule has 5 nitrogen and oxygen atoms in total. The summed E-state index contributed by atoms with van der Waals surface area (Å²) in [5.41, 5.74) is 4.88. The quantitative estimate of drug-likeness (QED) is 0.326. The fraction of sp³-hybridized carbons (Fsp3) is 0.435. The molecule has 0 aliphatic rings. The molecule has 30 heavy (non-hydrogen) atoms. The van der Waals surface area contributed by atoms with Gasteiger partial charge in [0, 0.05) is 30.1 Å². The summed E-state index contributed by atoms with van der Waals surface area (Å²) in [4.78, 5) is 6.57. The SMILES string of the molecule is CC.CP.[CH2-]CN(C)c1[c-]cc(-n2nc(C)c3cnc(CCC)cc32)c(OC)c1.[K+]. The summed E-state index contributed by atoms with van der Waals surface area (Å²) in [6.45, 7) is 14.6. The van der Waals surface area contributed by atoms with Crippen molar-refractivity contribution < 1.29 is 56.1 Å². The fourth-order valence-electron chi connectivity index (χ4n) is 2.90. The van der Waals surface area contributed by atoms with E-state index in [0.717, 1.165) is 52.3 Å². The fourth-order valence-corrected chi connectivity index (χ4v) is 2.90. The van der Waals surface area contributed by atoms with Crippen LogP contribution in [0.2, 0.25) is 0 Å². The van der Waals surface area contributed by atoms with Crippen molar-refractivity contribution in [2.75, 3.05) is 32.3 Å². The second-order valence-electron chi connectivity index (χ2n) is 6.13. The number of benzene rings is 1. The standard InChI is InChI=1S/C20H24N4O.C2H6.CH5P.K/c1-6-8-15-11-19-17(13-21-15)14(3)22-24(19)18-10-9-16(23(4)7-2)12-20(18)25-5;2*1-2;/h10-13H,2,6-8H2,1,3-5H3;1-2H3;2H2,1H3;/q-2;;;+1. The maximum absolute atomic E-state index is 5.63. The van der Waals surface area contributed by atoms with Crippen LogP contribution in [0.4, 0.5) is 5.69 Å². The number of methoxy groups -OCH3 is 1. The molecule has 3 rings (SSSR count). The van der Waals surface area contributed by atoms with Gasteiger partial charge in [0.15, 0.2) is 0 Å². The Morgan fingerprint density at radius 1 is 1.27 bits per heavy atom. The monoisotopic (exact) mass is 453 g/mol. The van der Waals surface area contributed by atoms with E-state index >= 15 is 0 Å². The average Bonchev–Trinajstić information content (AvgIpc) is 3.11. The van der Waals surface area contributed by atoms with Crippen LogP contribution in [0.25, 0.3) is 16.6 Å². The molecular formula is C23H35KN4OP-. The number of hydrogen-bond donors (Lipinski definition) is 0. The minimum atomic E-state index is 0. The molecule has 0 amide bonds. The Hall–Kier alpha value is -0.494. The van der Waals surface area contributed by atoms with Crippen molar-refractivity contribution >= 4 is 25.8 Å². The Kier molecular flexibility index (Phi) is 15.1. The molecule has 3 aromatic rings. The van der Waals surface area contributed by atoms with E-state index in [1.165, 1.54) is 0 Å². The van der Waals surface area contributed by atoms with Crippen molar-refractivity contribution in [3.05, 3.63) is 48.8 Å². The molecule has 0 fully saturated rings. The van der Waals surface area contributed by atoms with Gasteiger partial charge in [-0.25, -0.2) is 0 Å². The molecule has 0 bridgehead atoms. The molecule has 0 radical (unpaired) electrons. The number of pyridine rings is 1. The third-order valence-corrected chi connectivity index (χ3v) is 4.38. The van der Waals surface area contributed by atoms with E-state index in [1.807, 2.05) is 62.4 Å². The minimum absolute atomic E-state index is 0. The second kappa shape index (κ2) is 15.3. The van der Waals surface area contributed by atoms with Gasteiger partial charge in [-0.05, 0) is 25.1 Å². The molecule has 2 heterocycles. The first-order valence-corrected chi connectivity index (χ1v) is 11.3. The largest absolute Gasteiger partial charge is 1.00 e. The van der Waals surface area contributed by atoms with Gasteiger partial charge in [-0.15, -0.1) is 27.9 Å². The molecule has 7 heteroatoms. The Morgan fingerprint density at radius 2 is 1.93 bits per heavy atom. The smallest absolute Gasteiger partial charge is 0.520 e. The van der Waals surface area contributed by atoms with Crippen molar-refractivity contribution in [3.8, 4) is 11.4 Å². The summed E-state index contributed by atoms with van der Waals surface area (Å²) < 4.78 is 7.55. The Balaban J connectivity index is 0.00000159. The summed E-state index contributed by atoms with van der Waals surface area (Å²) in [6.07, 6.45) is 3.94. The number of nitrogens with zero attached hydrogens (tertiary/aromatic N) is 4. The second-order valence-corrected chi connectivity index (χ2v) is 6.13. The molecule has 2 aromatic heterocycles. The molecule has 0 spiro atoms. The van der Waals surface area contributed by atoms with Crippen molar-refractivity contribution in [1.29, 1.82) is 0 Å². The number of anilines is 1. The van der Waals surface area contributed by atoms with Crippen LogP contribution in [-0.4, -0.2) is 42.1 Å². The van der Waals surface area contributed by atoms with Gasteiger partial charge in [0.05, 0.1) is 18.3 Å². The van der Waals surface area contributed by atoms with Gasteiger partial charge in [0.1, 0.15) is 0 Å². The predicted octanol–water partition coefficient (Wildman–Crippen LogP) is 2.28. The van der Waals surface area contributed by atoms with Gasteiger partial charge >= 0.3 is 51.4 Å². The van der Waals surface area contributed by atoms with E-state index in [0.29, 0.717) is 6.54 Å². The minimum Gasteiger partial charge on any atom is -0.520 e. The third kappa shape index (κ3) is 7.01. The molecule has 0 saturated carbocycles. The van der Waals surface area contributed by atoms with E-state index in [-0.39, 0.29) is 51.4 Å². The number of rotatable bonds is 6. The van der Waals surface area contributed by atoms with Gasteiger partial charge in [0.25, 0.3) is 0 Å². The van der Waals surface area contributed by atoms with E-state index in [2.05, 4.69) is 40.2 Å². The molecule has 0 aliphatic heterocycles. The first kappa shape index (κ1) is 29.5. The van der Waals surface area contributed by atoms with Gasteiger partial charge < -0.3 is 16.6 Å². The average molecular weight is 454 g/mol. The number of ether oxygens (including phenoxy) is 1. The summed E-state index contributed by atoms with van der Waals surface area (Å²) in [6, 6.07) is 9.32. The van der Waals surface area contributed by atoms with Crippen LogP contribution >= 0.6 is 9.24 Å². The van der Waals surface area contributed by atoms with Crippen LogP contribution in [0.15, 0.2) is 24.4 Å². The van der Waals surface area contributed by atoms with Crippen molar-refractivity contribution in [2.45, 2.75) is 40.5 Å². The molecule has 1 atom stereocenters. The zero-order valence-corrected chi connectivity index (χ0v) is 24.2. The van der Waals surface area contributed by atoms with Crippen LogP contribution in [0.1, 0.15) is 38.6 Å². The van der Waals surface area contributed by atoms with Crippen molar-refractivity contribution in [1.82, 2.24) is 14.8 Å². The van der Waals surface area contributed by atoms with Crippen LogP contribution in [0, 0.1) is 19.9 Å². The van der Waals surface area contributed by atoms with Gasteiger partial charge in [-0.2, -0.15) is 11.2 Å². The summed E-state index contributed by atoms with van der Waals surface area (Å²) in [5.74, 6) is 0.757. The van der Waals surface area contributed by atoms with Crippen molar-refractivity contribution in [2.24, 2.45) is 0 Å². The topological polar surface area (TPSA) is 43.2 Å². The predicted molar refractivity (Wildman–Crippen MR) is 129 cm³/mol. The summed E-state index contributed by atoms with van der Waals surface area (Å²) >= 11 is 0. The van der Waals surface area contributed by atoms with Crippen LogP contribution in [0.5, 0.6) is 5.75 Å². The molecule has 0 saturated heterocycles. The first-order valence-electron chi connectivity index (χ1n) is 10.1. The Labute approximate surface area is 227 Å². The molecule has 1 aromatic carbocycles. The van der Waals surface area contributed by atoms with Gasteiger partial charge in [-0.3, -0.25) is 9.67 Å². The number of aryl methyl sites for hydroxylation is 2. The van der Waals surface area contributed by atoms with E-state index in [9.17, 15) is 0 Å². The molecular weight excluding hydrogens is 418 g/mol. The van der Waals surface area contributed by atoms with Crippen LogP contribution < -0.4 is 61.0 Å². The van der Waals surface area contributed by atoms with E-state index in [4.69, 9.17) is 9.84 Å². The normalized spacial score (nSPS) is 9.63. The molecule has 0 N–H and O–H groups in total. The van der Waals surface area contributed by atoms with Gasteiger partial charge in [0.2, 0.25) is 0 Å². The summed E-state index contributed by atoms with van der Waals surface area (Å²) in [5, 5.41) is 5.77. The zero-order chi connectivity index (χ0) is 22.0. The first-order chi connectivity index (χ1) is 14.1. The maximum Gasteiger partial charge on any atom is 1.00 e. The zero-order valence-electron chi connectivity index (χ0n) is 19.9. The molecule has 0 aliphatic carbocycles. The van der Waals surface area contributed by atoms with Crippen LogP contribution in [0.3, 0.4) is 0 Å². The van der Waals surface area contributed by atoms with E-state index in [1.54, 1.807) is 7.11 Å². The van der Waals surface area contributed by atoms with Gasteiger partial charge in [-0.1, -0.05) is 39.5 Å². The number of aromatic nitrogens is 3. The molecule has 160 valence electrons. The Bertz CT molecular complexity index is 898.